The van der Waals surface area contributed by atoms with Crippen LogP contribution in [0.1, 0.15) is 19.4 Å². The summed E-state index contributed by atoms with van der Waals surface area (Å²) in [7, 11) is 1.88. The highest BCUT2D eigenvalue weighted by Gasteiger charge is 2.10. The molecule has 3 nitrogen and oxygen atoms in total. The molecular formula is C17H19Cl2N3. The Balaban J connectivity index is 2.42. The second-order valence-electron chi connectivity index (χ2n) is 4.79. The van der Waals surface area contributed by atoms with E-state index >= 15 is 0 Å². The topological polar surface area (TPSA) is 27.6 Å². The molecule has 0 spiro atoms. The third kappa shape index (κ3) is 3.73. The van der Waals surface area contributed by atoms with E-state index in [2.05, 4.69) is 5.32 Å². The van der Waals surface area contributed by atoms with E-state index in [1.54, 1.807) is 0 Å². The smallest absolute Gasteiger partial charge is 0.0780 e. The molecule has 2 aromatic carbocycles. The molecule has 2 rings (SSSR count). The van der Waals surface area contributed by atoms with Crippen LogP contribution in [0.5, 0.6) is 0 Å². The van der Waals surface area contributed by atoms with Crippen molar-refractivity contribution < 1.29 is 0 Å². The van der Waals surface area contributed by atoms with Gasteiger partial charge in [0.25, 0.3) is 0 Å². The first-order chi connectivity index (χ1) is 10.6. The second-order valence-corrected chi connectivity index (χ2v) is 5.64. The zero-order valence-corrected chi connectivity index (χ0v) is 14.4. The van der Waals surface area contributed by atoms with E-state index < -0.39 is 0 Å². The van der Waals surface area contributed by atoms with Gasteiger partial charge in [-0.15, -0.1) is 0 Å². The maximum Gasteiger partial charge on any atom is 0.0780 e. The van der Waals surface area contributed by atoms with E-state index in [1.165, 1.54) is 0 Å². The maximum absolute atomic E-state index is 6.27. The van der Waals surface area contributed by atoms with Crippen molar-refractivity contribution in [2.24, 2.45) is 5.10 Å². The molecule has 0 radical (unpaired) electrons. The molecule has 0 aromatic heterocycles. The first-order valence-electron chi connectivity index (χ1n) is 7.11. The van der Waals surface area contributed by atoms with Gasteiger partial charge >= 0.3 is 0 Å². The Morgan fingerprint density at radius 3 is 2.55 bits per heavy atom. The minimum Gasteiger partial charge on any atom is -0.388 e. The van der Waals surface area contributed by atoms with Crippen molar-refractivity contribution in [3.05, 3.63) is 58.1 Å². The molecule has 22 heavy (non-hydrogen) atoms. The van der Waals surface area contributed by atoms with E-state index in [0.29, 0.717) is 10.0 Å². The Hall–Kier alpha value is -1.71. The molecule has 0 saturated heterocycles. The van der Waals surface area contributed by atoms with Crippen molar-refractivity contribution in [3.8, 4) is 0 Å². The zero-order valence-electron chi connectivity index (χ0n) is 12.9. The molecular weight excluding hydrogens is 317 g/mol. The maximum atomic E-state index is 6.27. The lowest BCUT2D eigenvalue weighted by atomic mass is 10.1. The number of hydrazone groups is 1. The van der Waals surface area contributed by atoms with E-state index in [4.69, 9.17) is 28.3 Å². The SMILES string of the molecule is CCN(/N=C(\C)c1cc(Cl)ccc1NC)c1ccccc1Cl. The average molecular weight is 336 g/mol. The summed E-state index contributed by atoms with van der Waals surface area (Å²) in [5, 5.41) is 11.1. The molecule has 0 bridgehead atoms. The van der Waals surface area contributed by atoms with Crippen LogP contribution in [-0.4, -0.2) is 19.3 Å². The number of hydrogen-bond acceptors (Lipinski definition) is 3. The molecule has 0 aliphatic carbocycles. The highest BCUT2D eigenvalue weighted by Crippen LogP contribution is 2.27. The van der Waals surface area contributed by atoms with Crippen molar-refractivity contribution in [2.75, 3.05) is 23.9 Å². The lowest BCUT2D eigenvalue weighted by molar-refractivity contribution is 0.892. The van der Waals surface area contributed by atoms with Crippen LogP contribution in [0.15, 0.2) is 47.6 Å². The van der Waals surface area contributed by atoms with E-state index in [9.17, 15) is 0 Å². The van der Waals surface area contributed by atoms with Crippen LogP contribution in [0.2, 0.25) is 10.0 Å². The highest BCUT2D eigenvalue weighted by molar-refractivity contribution is 6.33. The summed E-state index contributed by atoms with van der Waals surface area (Å²) < 4.78 is 0. The molecule has 0 unspecified atom stereocenters. The standard InChI is InChI=1S/C17H19Cl2N3/c1-4-22(17-8-6-5-7-15(17)19)21-12(2)14-11-13(18)9-10-16(14)20-3/h5-11,20H,4H2,1-3H3/b21-12+. The number of benzene rings is 2. The Morgan fingerprint density at radius 2 is 1.91 bits per heavy atom. The highest BCUT2D eigenvalue weighted by atomic mass is 35.5. The second kappa shape index (κ2) is 7.52. The fourth-order valence-corrected chi connectivity index (χ4v) is 2.63. The molecule has 1 N–H and O–H groups in total. The van der Waals surface area contributed by atoms with Gasteiger partial charge in [-0.2, -0.15) is 5.10 Å². The predicted molar refractivity (Wildman–Crippen MR) is 97.7 cm³/mol. The summed E-state index contributed by atoms with van der Waals surface area (Å²) in [6, 6.07) is 13.4. The third-order valence-electron chi connectivity index (χ3n) is 3.34. The van der Waals surface area contributed by atoms with E-state index in [0.717, 1.165) is 29.2 Å². The summed E-state index contributed by atoms with van der Waals surface area (Å²) in [6.45, 7) is 4.72. The Labute approximate surface area is 141 Å². The van der Waals surface area contributed by atoms with Gasteiger partial charge in [0.1, 0.15) is 0 Å². The van der Waals surface area contributed by atoms with Crippen molar-refractivity contribution >= 4 is 40.3 Å². The van der Waals surface area contributed by atoms with Crippen LogP contribution in [0.25, 0.3) is 0 Å². The molecule has 0 atom stereocenters. The Morgan fingerprint density at radius 1 is 1.18 bits per heavy atom. The number of anilines is 2. The fraction of sp³-hybridized carbons (Fsp3) is 0.235. The van der Waals surface area contributed by atoms with E-state index in [1.807, 2.05) is 68.4 Å². The molecule has 0 fully saturated rings. The Bertz CT molecular complexity index is 683. The predicted octanol–water partition coefficient (Wildman–Crippen LogP) is 5.29. The quantitative estimate of drug-likeness (QED) is 0.594. The van der Waals surface area contributed by atoms with Gasteiger partial charge < -0.3 is 5.32 Å². The first-order valence-corrected chi connectivity index (χ1v) is 7.87. The number of nitrogens with one attached hydrogen (secondary N) is 1. The largest absolute Gasteiger partial charge is 0.388 e. The monoisotopic (exact) mass is 335 g/mol. The molecule has 5 heteroatoms. The summed E-state index contributed by atoms with van der Waals surface area (Å²) in [4.78, 5) is 0. The van der Waals surface area contributed by atoms with Crippen LogP contribution in [0, 0.1) is 0 Å². The van der Waals surface area contributed by atoms with Crippen LogP contribution in [-0.2, 0) is 0 Å². The van der Waals surface area contributed by atoms with Crippen molar-refractivity contribution in [2.45, 2.75) is 13.8 Å². The molecule has 0 saturated carbocycles. The summed E-state index contributed by atoms with van der Waals surface area (Å²) in [6.07, 6.45) is 0. The summed E-state index contributed by atoms with van der Waals surface area (Å²) >= 11 is 12.4. The number of rotatable bonds is 5. The number of para-hydroxylation sites is 1. The first kappa shape index (κ1) is 16.7. The zero-order chi connectivity index (χ0) is 16.1. The third-order valence-corrected chi connectivity index (χ3v) is 3.90. The van der Waals surface area contributed by atoms with Gasteiger partial charge in [0.05, 0.1) is 16.4 Å². The van der Waals surface area contributed by atoms with Gasteiger partial charge in [-0.1, -0.05) is 35.3 Å². The fourth-order valence-electron chi connectivity index (χ4n) is 2.22. The van der Waals surface area contributed by atoms with Gasteiger partial charge in [0.2, 0.25) is 0 Å². The van der Waals surface area contributed by atoms with Gasteiger partial charge in [-0.3, -0.25) is 5.01 Å². The van der Waals surface area contributed by atoms with Crippen molar-refractivity contribution in [3.63, 3.8) is 0 Å². The minimum absolute atomic E-state index is 0.681. The van der Waals surface area contributed by atoms with Crippen LogP contribution >= 0.6 is 23.2 Å². The molecule has 0 amide bonds. The lowest BCUT2D eigenvalue weighted by Gasteiger charge is -2.20. The normalized spacial score (nSPS) is 11.4. The lowest BCUT2D eigenvalue weighted by Crippen LogP contribution is -2.18. The van der Waals surface area contributed by atoms with Crippen LogP contribution in [0.3, 0.4) is 0 Å². The van der Waals surface area contributed by atoms with Gasteiger partial charge in [-0.25, -0.2) is 0 Å². The molecule has 0 aliphatic rings. The van der Waals surface area contributed by atoms with E-state index in [-0.39, 0.29) is 0 Å². The van der Waals surface area contributed by atoms with Crippen LogP contribution < -0.4 is 10.3 Å². The molecule has 0 aliphatic heterocycles. The summed E-state index contributed by atoms with van der Waals surface area (Å²) in [5.74, 6) is 0. The van der Waals surface area contributed by atoms with Gasteiger partial charge in [0, 0.05) is 29.9 Å². The minimum atomic E-state index is 0.681. The van der Waals surface area contributed by atoms with Crippen LogP contribution in [0.4, 0.5) is 11.4 Å². The van der Waals surface area contributed by atoms with Gasteiger partial charge in [0.15, 0.2) is 0 Å². The number of hydrogen-bond donors (Lipinski definition) is 1. The Kier molecular flexibility index (Phi) is 5.69. The molecule has 116 valence electrons. The summed E-state index contributed by atoms with van der Waals surface area (Å²) in [5.41, 5.74) is 3.72. The average Bonchev–Trinajstić information content (AvgIpc) is 2.53. The van der Waals surface area contributed by atoms with Gasteiger partial charge in [-0.05, 0) is 44.2 Å². The number of halogens is 2. The molecule has 0 heterocycles. The van der Waals surface area contributed by atoms with Crippen molar-refractivity contribution in [1.29, 1.82) is 0 Å². The molecule has 2 aromatic rings. The van der Waals surface area contributed by atoms with Crippen molar-refractivity contribution in [1.82, 2.24) is 0 Å². The number of nitrogens with zero attached hydrogens (tertiary/aromatic N) is 2.